The van der Waals surface area contributed by atoms with Gasteiger partial charge in [0.15, 0.2) is 0 Å². The monoisotopic (exact) mass is 255 g/mol. The third-order valence-corrected chi connectivity index (χ3v) is 3.81. The van der Waals surface area contributed by atoms with Crippen LogP contribution in [0.25, 0.3) is 0 Å². The van der Waals surface area contributed by atoms with Gasteiger partial charge in [-0.2, -0.15) is 0 Å². The van der Waals surface area contributed by atoms with Gasteiger partial charge in [0.1, 0.15) is 6.04 Å². The van der Waals surface area contributed by atoms with Crippen molar-refractivity contribution in [2.24, 2.45) is 17.8 Å². The third-order valence-electron chi connectivity index (χ3n) is 3.81. The largest absolute Gasteiger partial charge is 0.480 e. The van der Waals surface area contributed by atoms with E-state index in [1.807, 2.05) is 0 Å². The van der Waals surface area contributed by atoms with Gasteiger partial charge in [-0.1, -0.05) is 40.0 Å². The molecule has 1 aliphatic rings. The van der Waals surface area contributed by atoms with Gasteiger partial charge >= 0.3 is 5.97 Å². The molecule has 0 bridgehead atoms. The van der Waals surface area contributed by atoms with Crippen molar-refractivity contribution in [3.05, 3.63) is 0 Å². The second kappa shape index (κ2) is 6.76. The van der Waals surface area contributed by atoms with Crippen molar-refractivity contribution in [3.63, 3.8) is 0 Å². The Morgan fingerprint density at radius 2 is 1.94 bits per heavy atom. The molecule has 1 amide bonds. The fourth-order valence-electron chi connectivity index (χ4n) is 2.25. The van der Waals surface area contributed by atoms with Crippen LogP contribution in [0, 0.1) is 17.8 Å². The van der Waals surface area contributed by atoms with Crippen molar-refractivity contribution in [2.75, 3.05) is 0 Å². The van der Waals surface area contributed by atoms with Gasteiger partial charge in [-0.15, -0.1) is 0 Å². The number of carboxylic acid groups (broad SMARTS) is 1. The van der Waals surface area contributed by atoms with E-state index in [1.54, 1.807) is 0 Å². The van der Waals surface area contributed by atoms with Gasteiger partial charge in [0.25, 0.3) is 0 Å². The summed E-state index contributed by atoms with van der Waals surface area (Å²) >= 11 is 0. The van der Waals surface area contributed by atoms with Gasteiger partial charge in [0.2, 0.25) is 5.91 Å². The summed E-state index contributed by atoms with van der Waals surface area (Å²) < 4.78 is 0. The molecular weight excluding hydrogens is 230 g/mol. The first-order valence-corrected chi connectivity index (χ1v) is 6.96. The van der Waals surface area contributed by atoms with E-state index in [0.29, 0.717) is 30.6 Å². The summed E-state index contributed by atoms with van der Waals surface area (Å²) in [5.74, 6) is 0.253. The second-order valence-electron chi connectivity index (χ2n) is 5.75. The molecule has 2 N–H and O–H groups in total. The number of rotatable bonds is 8. The molecule has 0 aromatic rings. The van der Waals surface area contributed by atoms with E-state index in [0.717, 1.165) is 19.3 Å². The second-order valence-corrected chi connectivity index (χ2v) is 5.75. The maximum atomic E-state index is 11.9. The van der Waals surface area contributed by atoms with Crippen molar-refractivity contribution in [2.45, 2.75) is 58.9 Å². The summed E-state index contributed by atoms with van der Waals surface area (Å²) in [4.78, 5) is 22.9. The third kappa shape index (κ3) is 5.07. The maximum absolute atomic E-state index is 11.9. The van der Waals surface area contributed by atoms with Crippen molar-refractivity contribution < 1.29 is 14.7 Å². The maximum Gasteiger partial charge on any atom is 0.326 e. The molecular formula is C14H25NO3. The summed E-state index contributed by atoms with van der Waals surface area (Å²) in [6.45, 7) is 6.26. The average Bonchev–Trinajstić information content (AvgIpc) is 3.08. The molecule has 4 nitrogen and oxygen atoms in total. The molecule has 18 heavy (non-hydrogen) atoms. The normalized spacial score (nSPS) is 18.4. The number of carbonyl (C=O) groups excluding carboxylic acids is 1. The predicted octanol–water partition coefficient (Wildman–Crippen LogP) is 2.43. The topological polar surface area (TPSA) is 66.4 Å². The molecule has 104 valence electrons. The minimum atomic E-state index is -0.909. The standard InChI is InChI=1S/C14H25NO3/c1-4-11(9(2)3)8-13(16)15-12(14(17)18)7-10-5-6-10/h9-12H,4-8H2,1-3H3,(H,15,16)(H,17,18). The highest BCUT2D eigenvalue weighted by Crippen LogP contribution is 2.33. The van der Waals surface area contributed by atoms with Crippen LogP contribution in [0.1, 0.15) is 52.9 Å². The summed E-state index contributed by atoms with van der Waals surface area (Å²) in [6, 6.07) is -0.699. The van der Waals surface area contributed by atoms with Crippen LogP contribution in [-0.2, 0) is 9.59 Å². The SMILES string of the molecule is CCC(CC(=O)NC(CC1CC1)C(=O)O)C(C)C. The lowest BCUT2D eigenvalue weighted by molar-refractivity contribution is -0.142. The quantitative estimate of drug-likeness (QED) is 0.700. The lowest BCUT2D eigenvalue weighted by atomic mass is 9.90. The summed E-state index contributed by atoms with van der Waals surface area (Å²) in [7, 11) is 0. The smallest absolute Gasteiger partial charge is 0.326 e. The fraction of sp³-hybridized carbons (Fsp3) is 0.857. The Morgan fingerprint density at radius 1 is 1.33 bits per heavy atom. The van der Waals surface area contributed by atoms with E-state index in [4.69, 9.17) is 5.11 Å². The van der Waals surface area contributed by atoms with Crippen molar-refractivity contribution in [3.8, 4) is 0 Å². The summed E-state index contributed by atoms with van der Waals surface area (Å²) in [6.07, 6.45) is 4.17. The Balaban J connectivity index is 2.42. The Labute approximate surface area is 109 Å². The van der Waals surface area contributed by atoms with E-state index in [-0.39, 0.29) is 5.91 Å². The molecule has 0 aliphatic heterocycles. The van der Waals surface area contributed by atoms with E-state index >= 15 is 0 Å². The highest BCUT2D eigenvalue weighted by molar-refractivity contribution is 5.83. The fourth-order valence-corrected chi connectivity index (χ4v) is 2.25. The number of hydrogen-bond donors (Lipinski definition) is 2. The number of carboxylic acids is 1. The first kappa shape index (κ1) is 15.0. The van der Waals surface area contributed by atoms with Crippen LogP contribution in [-0.4, -0.2) is 23.0 Å². The van der Waals surface area contributed by atoms with Gasteiger partial charge in [0, 0.05) is 6.42 Å². The molecule has 0 spiro atoms. The van der Waals surface area contributed by atoms with Gasteiger partial charge in [0.05, 0.1) is 0 Å². The zero-order valence-corrected chi connectivity index (χ0v) is 11.6. The summed E-state index contributed by atoms with van der Waals surface area (Å²) in [5.41, 5.74) is 0. The number of amides is 1. The van der Waals surface area contributed by atoms with E-state index in [1.165, 1.54) is 0 Å². The first-order chi connectivity index (χ1) is 8.43. The zero-order valence-electron chi connectivity index (χ0n) is 11.6. The molecule has 0 saturated heterocycles. The Morgan fingerprint density at radius 3 is 2.33 bits per heavy atom. The number of hydrogen-bond acceptors (Lipinski definition) is 2. The molecule has 0 heterocycles. The number of carbonyl (C=O) groups is 2. The Kier molecular flexibility index (Phi) is 5.63. The van der Waals surface area contributed by atoms with Crippen LogP contribution < -0.4 is 5.32 Å². The van der Waals surface area contributed by atoms with Crippen molar-refractivity contribution in [1.82, 2.24) is 5.32 Å². The zero-order chi connectivity index (χ0) is 13.7. The van der Waals surface area contributed by atoms with E-state index < -0.39 is 12.0 Å². The van der Waals surface area contributed by atoms with E-state index in [9.17, 15) is 9.59 Å². The van der Waals surface area contributed by atoms with Crippen molar-refractivity contribution in [1.29, 1.82) is 0 Å². The Hall–Kier alpha value is -1.06. The van der Waals surface area contributed by atoms with Gasteiger partial charge < -0.3 is 10.4 Å². The Bertz CT molecular complexity index is 297. The lowest BCUT2D eigenvalue weighted by Gasteiger charge is -2.20. The van der Waals surface area contributed by atoms with Crippen LogP contribution in [0.15, 0.2) is 0 Å². The molecule has 1 rings (SSSR count). The molecule has 1 saturated carbocycles. The molecule has 4 heteroatoms. The summed E-state index contributed by atoms with van der Waals surface area (Å²) in [5, 5.41) is 11.8. The van der Waals surface area contributed by atoms with Gasteiger partial charge in [-0.05, 0) is 24.2 Å². The van der Waals surface area contributed by atoms with Crippen LogP contribution in [0.4, 0.5) is 0 Å². The predicted molar refractivity (Wildman–Crippen MR) is 70.1 cm³/mol. The van der Waals surface area contributed by atoms with E-state index in [2.05, 4.69) is 26.1 Å². The molecule has 2 unspecified atom stereocenters. The van der Waals surface area contributed by atoms with Gasteiger partial charge in [-0.25, -0.2) is 4.79 Å². The molecule has 0 aromatic heterocycles. The minimum Gasteiger partial charge on any atom is -0.480 e. The first-order valence-electron chi connectivity index (χ1n) is 6.96. The molecule has 0 radical (unpaired) electrons. The van der Waals surface area contributed by atoms with Crippen LogP contribution in [0.2, 0.25) is 0 Å². The van der Waals surface area contributed by atoms with Crippen LogP contribution in [0.3, 0.4) is 0 Å². The average molecular weight is 255 g/mol. The highest BCUT2D eigenvalue weighted by Gasteiger charge is 2.30. The molecule has 0 aromatic carbocycles. The lowest BCUT2D eigenvalue weighted by Crippen LogP contribution is -2.42. The highest BCUT2D eigenvalue weighted by atomic mass is 16.4. The van der Waals surface area contributed by atoms with Crippen LogP contribution >= 0.6 is 0 Å². The molecule has 1 aliphatic carbocycles. The minimum absolute atomic E-state index is 0.122. The van der Waals surface area contributed by atoms with Gasteiger partial charge in [-0.3, -0.25) is 4.79 Å². The number of aliphatic carboxylic acids is 1. The van der Waals surface area contributed by atoms with Crippen LogP contribution in [0.5, 0.6) is 0 Å². The van der Waals surface area contributed by atoms with Crippen molar-refractivity contribution >= 4 is 11.9 Å². The number of nitrogens with one attached hydrogen (secondary N) is 1. The molecule has 1 fully saturated rings. The molecule has 2 atom stereocenters.